The second-order valence-electron chi connectivity index (χ2n) is 6.26. The fourth-order valence-electron chi connectivity index (χ4n) is 2.97. The van der Waals surface area contributed by atoms with E-state index in [0.717, 1.165) is 47.9 Å². The summed E-state index contributed by atoms with van der Waals surface area (Å²) >= 11 is 0. The Morgan fingerprint density at radius 1 is 1.15 bits per heavy atom. The molecule has 0 fully saturated rings. The molecule has 138 valence electrons. The van der Waals surface area contributed by atoms with Gasteiger partial charge in [0, 0.05) is 30.2 Å². The summed E-state index contributed by atoms with van der Waals surface area (Å²) in [6.45, 7) is 7.05. The monoisotopic (exact) mass is 353 g/mol. The number of imidazole rings is 1. The minimum Gasteiger partial charge on any atom is -0.494 e. The molecular weight excluding hydrogens is 326 g/mol. The van der Waals surface area contributed by atoms with Crippen molar-refractivity contribution in [3.8, 4) is 5.75 Å². The second kappa shape index (κ2) is 8.56. The van der Waals surface area contributed by atoms with Gasteiger partial charge < -0.3 is 15.4 Å². The van der Waals surface area contributed by atoms with Crippen LogP contribution in [0.3, 0.4) is 0 Å². The van der Waals surface area contributed by atoms with Crippen LogP contribution in [0.1, 0.15) is 40.0 Å². The maximum absolute atomic E-state index is 5.50. The lowest BCUT2D eigenvalue weighted by atomic mass is 10.1. The molecule has 0 unspecified atom stereocenters. The largest absolute Gasteiger partial charge is 0.494 e. The van der Waals surface area contributed by atoms with Gasteiger partial charge in [0.1, 0.15) is 11.6 Å². The highest BCUT2D eigenvalue weighted by molar-refractivity contribution is 5.75. The number of fused-ring (bicyclic) bond motifs is 1. The summed E-state index contributed by atoms with van der Waals surface area (Å²) in [5, 5.41) is 11.6. The van der Waals surface area contributed by atoms with E-state index in [0.29, 0.717) is 12.6 Å². The quantitative estimate of drug-likeness (QED) is 0.575. The lowest BCUT2D eigenvalue weighted by molar-refractivity contribution is 0.340. The molecular formula is C20H27N5O. The van der Waals surface area contributed by atoms with E-state index in [-0.39, 0.29) is 0 Å². The van der Waals surface area contributed by atoms with E-state index in [1.807, 2.05) is 43.5 Å². The molecule has 0 aliphatic carbocycles. The fraction of sp³-hybridized carbons (Fsp3) is 0.400. The summed E-state index contributed by atoms with van der Waals surface area (Å²) < 4.78 is 7.31. The first kappa shape index (κ1) is 18.0. The Kier molecular flexibility index (Phi) is 5.94. The SMILES string of the molecule is CCC[C@@H](CC)Nc1cc(Nc2ccc(OCC)cc2)c2nccn2n1. The summed E-state index contributed by atoms with van der Waals surface area (Å²) in [6.07, 6.45) is 6.97. The Morgan fingerprint density at radius 2 is 1.96 bits per heavy atom. The number of aromatic nitrogens is 3. The second-order valence-corrected chi connectivity index (χ2v) is 6.26. The summed E-state index contributed by atoms with van der Waals surface area (Å²) in [6, 6.07) is 10.4. The fourth-order valence-corrected chi connectivity index (χ4v) is 2.97. The highest BCUT2D eigenvalue weighted by Gasteiger charge is 2.11. The molecule has 6 nitrogen and oxygen atoms in total. The highest BCUT2D eigenvalue weighted by atomic mass is 16.5. The molecule has 0 saturated carbocycles. The predicted octanol–water partition coefficient (Wildman–Crippen LogP) is 4.86. The maximum atomic E-state index is 5.50. The van der Waals surface area contributed by atoms with Crippen molar-refractivity contribution < 1.29 is 4.74 Å². The van der Waals surface area contributed by atoms with Gasteiger partial charge >= 0.3 is 0 Å². The van der Waals surface area contributed by atoms with Gasteiger partial charge in [-0.25, -0.2) is 9.50 Å². The molecule has 0 aliphatic heterocycles. The molecule has 26 heavy (non-hydrogen) atoms. The van der Waals surface area contributed by atoms with Crippen LogP contribution in [0.5, 0.6) is 5.75 Å². The van der Waals surface area contributed by atoms with Crippen molar-refractivity contribution in [2.45, 2.75) is 46.1 Å². The Labute approximate surface area is 154 Å². The maximum Gasteiger partial charge on any atom is 0.177 e. The van der Waals surface area contributed by atoms with E-state index >= 15 is 0 Å². The molecule has 0 saturated heterocycles. The van der Waals surface area contributed by atoms with Gasteiger partial charge in [-0.2, -0.15) is 0 Å². The number of benzene rings is 1. The van der Waals surface area contributed by atoms with Crippen molar-refractivity contribution in [3.63, 3.8) is 0 Å². The molecule has 0 radical (unpaired) electrons. The summed E-state index contributed by atoms with van der Waals surface area (Å²) in [5.74, 6) is 1.72. The van der Waals surface area contributed by atoms with Crippen LogP contribution in [-0.2, 0) is 0 Å². The number of hydrogen-bond donors (Lipinski definition) is 2. The van der Waals surface area contributed by atoms with Crippen molar-refractivity contribution in [1.29, 1.82) is 0 Å². The number of nitrogens with zero attached hydrogens (tertiary/aromatic N) is 3. The van der Waals surface area contributed by atoms with Gasteiger partial charge in [-0.3, -0.25) is 0 Å². The zero-order valence-corrected chi connectivity index (χ0v) is 15.7. The molecule has 0 aliphatic rings. The summed E-state index contributed by atoms with van der Waals surface area (Å²) in [4.78, 5) is 4.42. The van der Waals surface area contributed by atoms with Crippen molar-refractivity contribution in [2.75, 3.05) is 17.2 Å². The van der Waals surface area contributed by atoms with E-state index in [1.165, 1.54) is 0 Å². The number of ether oxygens (including phenoxy) is 1. The van der Waals surface area contributed by atoms with Gasteiger partial charge in [0.2, 0.25) is 0 Å². The number of hydrogen-bond acceptors (Lipinski definition) is 5. The van der Waals surface area contributed by atoms with E-state index in [9.17, 15) is 0 Å². The van der Waals surface area contributed by atoms with Crippen molar-refractivity contribution in [1.82, 2.24) is 14.6 Å². The van der Waals surface area contributed by atoms with E-state index in [1.54, 1.807) is 10.7 Å². The normalized spacial score (nSPS) is 12.1. The molecule has 2 heterocycles. The van der Waals surface area contributed by atoms with Gasteiger partial charge in [0.05, 0.1) is 12.3 Å². The molecule has 2 aromatic heterocycles. The standard InChI is InChI=1S/C20H27N5O/c1-4-7-15(5-2)23-19-14-18(20-21-12-13-25(20)24-19)22-16-8-10-17(11-9-16)26-6-3/h8-15,22H,4-7H2,1-3H3,(H,23,24)/t15-/m1/s1. The minimum absolute atomic E-state index is 0.423. The van der Waals surface area contributed by atoms with Crippen LogP contribution in [-0.4, -0.2) is 27.2 Å². The lowest BCUT2D eigenvalue weighted by Gasteiger charge is -2.18. The number of nitrogens with one attached hydrogen (secondary N) is 2. The summed E-state index contributed by atoms with van der Waals surface area (Å²) in [5.41, 5.74) is 2.70. The van der Waals surface area contributed by atoms with Gasteiger partial charge in [0.15, 0.2) is 5.65 Å². The third-order valence-electron chi connectivity index (χ3n) is 4.29. The van der Waals surface area contributed by atoms with E-state index in [2.05, 4.69) is 34.6 Å². The van der Waals surface area contributed by atoms with Crippen molar-refractivity contribution >= 4 is 22.8 Å². The average molecular weight is 353 g/mol. The third-order valence-corrected chi connectivity index (χ3v) is 4.29. The lowest BCUT2D eigenvalue weighted by Crippen LogP contribution is -2.19. The molecule has 3 aromatic rings. The van der Waals surface area contributed by atoms with Crippen molar-refractivity contribution in [3.05, 3.63) is 42.7 Å². The molecule has 0 spiro atoms. The number of rotatable bonds is 9. The number of anilines is 3. The van der Waals surface area contributed by atoms with Crippen LogP contribution in [0.4, 0.5) is 17.2 Å². The van der Waals surface area contributed by atoms with Crippen LogP contribution in [0.15, 0.2) is 42.7 Å². The predicted molar refractivity (Wildman–Crippen MR) is 106 cm³/mol. The van der Waals surface area contributed by atoms with Crippen LogP contribution < -0.4 is 15.4 Å². The first-order valence-electron chi connectivity index (χ1n) is 9.34. The first-order chi connectivity index (χ1) is 12.7. The first-order valence-corrected chi connectivity index (χ1v) is 9.34. The topological polar surface area (TPSA) is 63.5 Å². The third kappa shape index (κ3) is 4.25. The molecule has 0 amide bonds. The molecule has 2 N–H and O–H groups in total. The van der Waals surface area contributed by atoms with Crippen LogP contribution in [0.25, 0.3) is 5.65 Å². The smallest absolute Gasteiger partial charge is 0.177 e. The molecule has 1 atom stereocenters. The zero-order valence-electron chi connectivity index (χ0n) is 15.7. The van der Waals surface area contributed by atoms with Gasteiger partial charge in [0.25, 0.3) is 0 Å². The Morgan fingerprint density at radius 3 is 2.65 bits per heavy atom. The zero-order chi connectivity index (χ0) is 18.4. The van der Waals surface area contributed by atoms with Gasteiger partial charge in [-0.1, -0.05) is 20.3 Å². The Balaban J connectivity index is 1.85. The van der Waals surface area contributed by atoms with Crippen molar-refractivity contribution in [2.24, 2.45) is 0 Å². The van der Waals surface area contributed by atoms with Crippen LogP contribution in [0.2, 0.25) is 0 Å². The van der Waals surface area contributed by atoms with E-state index in [4.69, 9.17) is 4.74 Å². The summed E-state index contributed by atoms with van der Waals surface area (Å²) in [7, 11) is 0. The highest BCUT2D eigenvalue weighted by Crippen LogP contribution is 2.25. The van der Waals surface area contributed by atoms with Crippen LogP contribution in [0, 0.1) is 0 Å². The Bertz CT molecular complexity index is 828. The van der Waals surface area contributed by atoms with E-state index < -0.39 is 0 Å². The average Bonchev–Trinajstić information content (AvgIpc) is 3.12. The van der Waals surface area contributed by atoms with Gasteiger partial charge in [-0.15, -0.1) is 5.10 Å². The van der Waals surface area contributed by atoms with Crippen LogP contribution >= 0.6 is 0 Å². The molecule has 0 bridgehead atoms. The molecule has 3 rings (SSSR count). The van der Waals surface area contributed by atoms with Gasteiger partial charge in [-0.05, 0) is 44.0 Å². The molecule has 1 aromatic carbocycles. The Hall–Kier alpha value is -2.76. The minimum atomic E-state index is 0.423. The molecule has 6 heteroatoms.